The third kappa shape index (κ3) is 7.83. The highest BCUT2D eigenvalue weighted by molar-refractivity contribution is 7.84. The van der Waals surface area contributed by atoms with E-state index in [-0.39, 0.29) is 11.2 Å². The molecule has 3 aliphatic carbocycles. The smallest absolute Gasteiger partial charge is 0.453 e. The van der Waals surface area contributed by atoms with Gasteiger partial charge in [-0.15, -0.1) is 0 Å². The molecule has 0 heterocycles. The Morgan fingerprint density at radius 2 is 1.77 bits per heavy atom. The molecule has 244 valence electrons. The second-order valence-corrected chi connectivity index (χ2v) is 15.2. The molecule has 2 fully saturated rings. The standard InChI is InChI=1S/C33H48F5NO3S/c1-22-29(41)21-28-30-23(19-24-20-25(40)10-11-26(24)27(30)12-14-31(22,28)2)9-5-4-6-15-39(3)16-8-18-43(42)17-7-13-32(34,35)33(36,37)38/h10-11,20,23,27-30,40-41H,1,4-9,12-19,21H2,2-3H3/t23?,27?,28?,29-,30?,31-,43?/m1/s1. The number of hydrogen-bond donors (Lipinski definition) is 2. The Bertz CT molecular complexity index is 1140. The van der Waals surface area contributed by atoms with Crippen LogP contribution < -0.4 is 0 Å². The Balaban J connectivity index is 1.20. The average Bonchev–Trinajstić information content (AvgIpc) is 3.15. The number of alkyl halides is 5. The van der Waals surface area contributed by atoms with E-state index in [9.17, 15) is 36.4 Å². The van der Waals surface area contributed by atoms with Crippen molar-refractivity contribution in [1.29, 1.82) is 0 Å². The second kappa shape index (κ2) is 13.9. The monoisotopic (exact) mass is 633 g/mol. The van der Waals surface area contributed by atoms with Crippen LogP contribution in [0.25, 0.3) is 0 Å². The van der Waals surface area contributed by atoms with Gasteiger partial charge in [-0.2, -0.15) is 22.0 Å². The topological polar surface area (TPSA) is 60.8 Å². The van der Waals surface area contributed by atoms with Gasteiger partial charge in [0, 0.05) is 28.7 Å². The highest BCUT2D eigenvalue weighted by Crippen LogP contribution is 2.64. The first-order chi connectivity index (χ1) is 20.1. The maximum Gasteiger partial charge on any atom is 0.453 e. The fourth-order valence-electron chi connectivity index (χ4n) is 8.25. The van der Waals surface area contributed by atoms with Gasteiger partial charge in [0.15, 0.2) is 0 Å². The van der Waals surface area contributed by atoms with Crippen LogP contribution in [0, 0.1) is 23.2 Å². The number of fused-ring (bicyclic) bond motifs is 5. The van der Waals surface area contributed by atoms with E-state index < -0.39 is 41.8 Å². The lowest BCUT2D eigenvalue weighted by Gasteiger charge is -2.52. The Morgan fingerprint density at radius 3 is 2.49 bits per heavy atom. The fraction of sp³-hybridized carbons (Fsp3) is 0.758. The summed E-state index contributed by atoms with van der Waals surface area (Å²) in [7, 11) is 0.585. The normalized spacial score (nSPS) is 29.8. The van der Waals surface area contributed by atoms with Crippen molar-refractivity contribution in [2.45, 2.75) is 102 Å². The summed E-state index contributed by atoms with van der Waals surface area (Å²) in [5.74, 6) is -2.41. The van der Waals surface area contributed by atoms with Crippen molar-refractivity contribution in [1.82, 2.24) is 4.90 Å². The summed E-state index contributed by atoms with van der Waals surface area (Å²) < 4.78 is 74.9. The Kier molecular flexibility index (Phi) is 11.1. The van der Waals surface area contributed by atoms with E-state index in [1.165, 1.54) is 11.1 Å². The molecule has 0 spiro atoms. The molecule has 0 aliphatic heterocycles. The van der Waals surface area contributed by atoms with Crippen LogP contribution in [0.4, 0.5) is 22.0 Å². The number of unbranched alkanes of at least 4 members (excludes halogenated alkanes) is 2. The van der Waals surface area contributed by atoms with E-state index in [1.807, 2.05) is 13.1 Å². The zero-order valence-electron chi connectivity index (χ0n) is 25.5. The molecule has 4 nitrogen and oxygen atoms in total. The van der Waals surface area contributed by atoms with Crippen molar-refractivity contribution < 1.29 is 36.4 Å². The third-order valence-electron chi connectivity index (χ3n) is 10.7. The molecule has 0 amide bonds. The number of rotatable bonds is 14. The van der Waals surface area contributed by atoms with Crippen molar-refractivity contribution in [2.24, 2.45) is 23.2 Å². The van der Waals surface area contributed by atoms with Gasteiger partial charge < -0.3 is 15.1 Å². The molecule has 3 aliphatic rings. The Labute approximate surface area is 255 Å². The van der Waals surface area contributed by atoms with Crippen LogP contribution in [-0.2, 0) is 17.2 Å². The molecule has 0 radical (unpaired) electrons. The minimum atomic E-state index is -5.56. The molecule has 5 unspecified atom stereocenters. The largest absolute Gasteiger partial charge is 0.508 e. The summed E-state index contributed by atoms with van der Waals surface area (Å²) in [5.41, 5.74) is 3.61. The highest BCUT2D eigenvalue weighted by Gasteiger charge is 2.57. The van der Waals surface area contributed by atoms with E-state index in [0.29, 0.717) is 48.1 Å². The molecule has 7 atom stereocenters. The second-order valence-electron chi connectivity index (χ2n) is 13.5. The molecular formula is C33H48F5NO3S. The summed E-state index contributed by atoms with van der Waals surface area (Å²) in [6, 6.07) is 5.86. The molecule has 4 rings (SSSR count). The van der Waals surface area contributed by atoms with Gasteiger partial charge in [0.1, 0.15) is 5.75 Å². The van der Waals surface area contributed by atoms with E-state index in [4.69, 9.17) is 0 Å². The van der Waals surface area contributed by atoms with Crippen LogP contribution in [0.2, 0.25) is 0 Å². The lowest BCUT2D eigenvalue weighted by molar-refractivity contribution is -0.284. The van der Waals surface area contributed by atoms with Crippen molar-refractivity contribution in [2.75, 3.05) is 31.6 Å². The van der Waals surface area contributed by atoms with Crippen LogP contribution in [0.1, 0.15) is 88.2 Å². The molecule has 0 bridgehead atoms. The third-order valence-corrected chi connectivity index (χ3v) is 12.2. The Morgan fingerprint density at radius 1 is 1.07 bits per heavy atom. The average molecular weight is 634 g/mol. The number of phenolic OH excluding ortho intramolecular Hbond substituents is 1. The van der Waals surface area contributed by atoms with Crippen LogP contribution in [-0.4, -0.2) is 69.2 Å². The van der Waals surface area contributed by atoms with Crippen molar-refractivity contribution in [3.05, 3.63) is 41.5 Å². The van der Waals surface area contributed by atoms with E-state index in [0.717, 1.165) is 63.5 Å². The van der Waals surface area contributed by atoms with Crippen LogP contribution in [0.3, 0.4) is 0 Å². The molecule has 2 N–H and O–H groups in total. The van der Waals surface area contributed by atoms with Crippen LogP contribution in [0.5, 0.6) is 5.75 Å². The first-order valence-corrected chi connectivity index (χ1v) is 17.3. The minimum Gasteiger partial charge on any atom is -0.508 e. The number of nitrogens with zero attached hydrogens (tertiary/aromatic N) is 1. The molecule has 43 heavy (non-hydrogen) atoms. The van der Waals surface area contributed by atoms with Crippen LogP contribution in [0.15, 0.2) is 30.4 Å². The van der Waals surface area contributed by atoms with Gasteiger partial charge in [0.05, 0.1) is 6.10 Å². The zero-order chi connectivity index (χ0) is 31.6. The number of phenols is 1. The first kappa shape index (κ1) is 34.4. The number of aromatic hydroxyl groups is 1. The number of halogens is 5. The summed E-state index contributed by atoms with van der Waals surface area (Å²) in [6.07, 6.45) is 1.01. The van der Waals surface area contributed by atoms with Crippen molar-refractivity contribution in [3.63, 3.8) is 0 Å². The maximum absolute atomic E-state index is 13.0. The number of hydrogen-bond acceptors (Lipinski definition) is 4. The van der Waals surface area contributed by atoms with Gasteiger partial charge in [-0.1, -0.05) is 32.4 Å². The molecule has 0 aromatic heterocycles. The van der Waals surface area contributed by atoms with E-state index >= 15 is 0 Å². The number of aliphatic hydroxyl groups is 1. The predicted octanol–water partition coefficient (Wildman–Crippen LogP) is 7.61. The van der Waals surface area contributed by atoms with Crippen molar-refractivity contribution >= 4 is 10.8 Å². The number of benzene rings is 1. The summed E-state index contributed by atoms with van der Waals surface area (Å²) in [4.78, 5) is 2.16. The molecule has 2 saturated carbocycles. The quantitative estimate of drug-likeness (QED) is 0.126. The van der Waals surface area contributed by atoms with E-state index in [2.05, 4.69) is 24.5 Å². The van der Waals surface area contributed by atoms with Crippen LogP contribution >= 0.6 is 0 Å². The van der Waals surface area contributed by atoms with Gasteiger partial charge in [-0.05, 0) is 129 Å². The maximum atomic E-state index is 13.0. The summed E-state index contributed by atoms with van der Waals surface area (Å²) in [6.45, 7) is 8.18. The lowest BCUT2D eigenvalue weighted by atomic mass is 9.52. The molecule has 10 heteroatoms. The van der Waals surface area contributed by atoms with Gasteiger partial charge in [0.2, 0.25) is 0 Å². The Hall–Kier alpha value is -1.52. The first-order valence-electron chi connectivity index (χ1n) is 15.8. The molecule has 1 aromatic rings. The number of aliphatic hydroxyl groups excluding tert-OH is 1. The zero-order valence-corrected chi connectivity index (χ0v) is 26.3. The summed E-state index contributed by atoms with van der Waals surface area (Å²) >= 11 is 0. The lowest BCUT2D eigenvalue weighted by Crippen LogP contribution is -2.44. The summed E-state index contributed by atoms with van der Waals surface area (Å²) in [5, 5.41) is 21.0. The van der Waals surface area contributed by atoms with Gasteiger partial charge >= 0.3 is 12.1 Å². The predicted molar refractivity (Wildman–Crippen MR) is 161 cm³/mol. The SMILES string of the molecule is C=C1[C@H](O)CC2C3C(CCCCCN(C)CCCS(=O)CCCC(F)(F)C(F)(F)F)Cc4cc(O)ccc4C3CC[C@]12C. The van der Waals surface area contributed by atoms with Gasteiger partial charge in [-0.3, -0.25) is 4.21 Å². The van der Waals surface area contributed by atoms with Crippen molar-refractivity contribution in [3.8, 4) is 5.75 Å². The van der Waals surface area contributed by atoms with Gasteiger partial charge in [-0.25, -0.2) is 0 Å². The fourth-order valence-corrected chi connectivity index (χ4v) is 9.37. The minimum absolute atomic E-state index is 0.0201. The molecule has 0 saturated heterocycles. The highest BCUT2D eigenvalue weighted by atomic mass is 32.2. The van der Waals surface area contributed by atoms with Gasteiger partial charge in [0.25, 0.3) is 0 Å². The molecule has 1 aromatic carbocycles. The van der Waals surface area contributed by atoms with E-state index in [1.54, 1.807) is 6.07 Å². The molecular weight excluding hydrogens is 585 g/mol.